The zero-order chi connectivity index (χ0) is 6.28. The van der Waals surface area contributed by atoms with Crippen LogP contribution in [-0.4, -0.2) is 76.1 Å². The van der Waals surface area contributed by atoms with Crippen LogP contribution < -0.4 is 0 Å². The van der Waals surface area contributed by atoms with E-state index in [0.29, 0.717) is 0 Å². The van der Waals surface area contributed by atoms with Gasteiger partial charge in [0.15, 0.2) is 0 Å². The van der Waals surface area contributed by atoms with Gasteiger partial charge in [-0.15, -0.1) is 0 Å². The van der Waals surface area contributed by atoms with Crippen molar-refractivity contribution in [1.29, 1.82) is 0 Å². The molecule has 0 aliphatic heterocycles. The Morgan fingerprint density at radius 1 is 1.38 bits per heavy atom. The predicted molar refractivity (Wildman–Crippen MR) is 28.1 cm³/mol. The molecule has 0 fully saturated rings. The molecule has 0 aromatic heterocycles. The van der Waals surface area contributed by atoms with E-state index in [1.807, 2.05) is 0 Å². The van der Waals surface area contributed by atoms with Gasteiger partial charge in [0.2, 0.25) is 0 Å². The molecule has 0 heterocycles. The van der Waals surface area contributed by atoms with Crippen LogP contribution in [0.15, 0.2) is 0 Å². The van der Waals surface area contributed by atoms with Crippen LogP contribution >= 0.6 is 0 Å². The van der Waals surface area contributed by atoms with E-state index in [9.17, 15) is 0 Å². The topological polar surface area (TPSA) is 94.8 Å². The molecule has 0 aliphatic carbocycles. The van der Waals surface area contributed by atoms with Gasteiger partial charge in [0, 0.05) is 0 Å². The summed E-state index contributed by atoms with van der Waals surface area (Å²) in [7, 11) is -3.13. The van der Waals surface area contributed by atoms with Gasteiger partial charge in [-0.05, 0) is 0 Å². The minimum atomic E-state index is -3.13. The summed E-state index contributed by atoms with van der Waals surface area (Å²) in [5, 5.41) is 0. The molecule has 0 unspecified atom stereocenters. The molecular weight excluding hydrogens is 175 g/mol. The second-order valence-electron chi connectivity index (χ2n) is 0.388. The van der Waals surface area contributed by atoms with Gasteiger partial charge in [-0.25, -0.2) is 0 Å². The molecule has 0 amide bonds. The summed E-state index contributed by atoms with van der Waals surface area (Å²) in [6.07, 6.45) is 0. The molecule has 8 heteroatoms. The van der Waals surface area contributed by atoms with E-state index in [1.54, 1.807) is 0 Å². The van der Waals surface area contributed by atoms with Gasteiger partial charge in [0.05, 0.1) is 0 Å². The van der Waals surface area contributed by atoms with Crippen molar-refractivity contribution in [2.75, 3.05) is 0 Å². The first-order valence-corrected chi connectivity index (χ1v) is 3.44. The van der Waals surface area contributed by atoms with Crippen LogP contribution in [0, 0.1) is 0 Å². The molecule has 0 rings (SSSR count). The van der Waals surface area contributed by atoms with Gasteiger partial charge >= 0.3 is 70.4 Å². The summed E-state index contributed by atoms with van der Waals surface area (Å²) in [5.74, 6) is 0. The third-order valence-corrected chi connectivity index (χ3v) is 0. The fourth-order valence-corrected chi connectivity index (χ4v) is 0. The normalized spacial score (nSPS) is 4.00. The Morgan fingerprint density at radius 2 is 1.38 bits per heavy atom. The number of hydrogen-bond donors (Lipinski definition) is 3. The first-order chi connectivity index (χ1) is 3.15. The Hall–Kier alpha value is 1.01. The van der Waals surface area contributed by atoms with Crippen LogP contribution in [0.1, 0.15) is 0 Å². The van der Waals surface area contributed by atoms with Gasteiger partial charge < -0.3 is 9.59 Å². The average Bonchev–Trinajstić information content (AvgIpc) is 1.33. The van der Waals surface area contributed by atoms with Crippen molar-refractivity contribution in [3.05, 3.63) is 0 Å². The van der Waals surface area contributed by atoms with Crippen LogP contribution in [-0.2, 0) is 8.27 Å². The molecule has 8 heavy (non-hydrogen) atoms. The monoisotopic (exact) mass is 180 g/mol. The van der Waals surface area contributed by atoms with Crippen LogP contribution in [0.25, 0.3) is 0 Å². The maximum atomic E-state index is 8.74. The third kappa shape index (κ3) is 249. The van der Waals surface area contributed by atoms with E-state index in [2.05, 4.69) is 0 Å². The van der Waals surface area contributed by atoms with Crippen LogP contribution in [0.4, 0.5) is 0 Å². The Bertz CT molecular complexity index is 59.4. The molecule has 0 radical (unpaired) electrons. The predicted octanol–water partition coefficient (Wildman–Crippen LogP) is -3.59. The maximum absolute atomic E-state index is 8.74. The van der Waals surface area contributed by atoms with Crippen LogP contribution in [0.3, 0.4) is 0 Å². The molecule has 0 aromatic rings. The molecule has 5 nitrogen and oxygen atoms in total. The van der Waals surface area contributed by atoms with Crippen molar-refractivity contribution in [2.45, 2.75) is 0 Å². The number of hydrogen-bond acceptors (Lipinski definition) is 2. The first kappa shape index (κ1) is 16.0. The molecule has 0 bridgehead atoms. The van der Waals surface area contributed by atoms with E-state index in [0.717, 1.165) is 0 Å². The van der Waals surface area contributed by atoms with Gasteiger partial charge in [-0.2, -0.15) is 0 Å². The van der Waals surface area contributed by atoms with Crippen molar-refractivity contribution in [1.82, 2.24) is 0 Å². The number of rotatable bonds is 0. The van der Waals surface area contributed by atoms with Gasteiger partial charge in [0.1, 0.15) is 0 Å². The molecule has 44 valence electrons. The molecule has 0 saturated carbocycles. The third-order valence-electron chi connectivity index (χ3n) is 0. The zero-order valence-electron chi connectivity index (χ0n) is 3.24. The van der Waals surface area contributed by atoms with E-state index >= 15 is 0 Å². The molecule has 0 aliphatic rings. The van der Waals surface area contributed by atoms with Crippen molar-refractivity contribution in [3.63, 3.8) is 0 Å². The van der Waals surface area contributed by atoms with Crippen LogP contribution in [0.5, 0.6) is 0 Å². The first-order valence-electron chi connectivity index (χ1n) is 1.15. The summed E-state index contributed by atoms with van der Waals surface area (Å²) >= 11 is -1.50. The molecule has 3 N–H and O–H groups in total. The molecule has 0 spiro atoms. The summed E-state index contributed by atoms with van der Waals surface area (Å²) < 4.78 is 24.4. The van der Waals surface area contributed by atoms with Crippen molar-refractivity contribution < 1.29 is 22.0 Å². The van der Waals surface area contributed by atoms with Gasteiger partial charge in [0.25, 0.3) is 0 Å². The molecule has 0 saturated heterocycles. The summed E-state index contributed by atoms with van der Waals surface area (Å²) in [6, 6.07) is 0. The standard InChI is InChI=1S/Al.Ca.H2O3Si.H2O.O.2H/c;;1-4(2)3;;;;/h;;1-2H;1H2;;;/q+1;;;;;;/p-1. The molecule has 0 atom stereocenters. The Balaban J connectivity index is -0.0000000575. The second kappa shape index (κ2) is 15.7. The SMILES string of the molecule is O=[Si](O)O.[CaH2].[O]=[Al][OH]. The van der Waals surface area contributed by atoms with Crippen molar-refractivity contribution >= 4 is 62.4 Å². The molecule has 0 aromatic carbocycles. The van der Waals surface area contributed by atoms with E-state index in [1.165, 1.54) is 0 Å². The van der Waals surface area contributed by atoms with Crippen molar-refractivity contribution in [2.24, 2.45) is 0 Å². The van der Waals surface area contributed by atoms with Crippen LogP contribution in [0.2, 0.25) is 0 Å². The Morgan fingerprint density at radius 3 is 1.38 bits per heavy atom. The van der Waals surface area contributed by atoms with E-state index in [-0.39, 0.29) is 37.7 Å². The summed E-state index contributed by atoms with van der Waals surface area (Å²) in [5.41, 5.74) is 0. The Labute approximate surface area is 83.5 Å². The van der Waals surface area contributed by atoms with E-state index in [4.69, 9.17) is 22.0 Å². The van der Waals surface area contributed by atoms with Gasteiger partial charge in [-0.1, -0.05) is 0 Å². The fraction of sp³-hybridized carbons (Fsp3) is 0. The van der Waals surface area contributed by atoms with Gasteiger partial charge in [-0.3, -0.25) is 4.46 Å². The Kier molecular flexibility index (Phi) is 31.4. The minimum absolute atomic E-state index is 0. The average molecular weight is 180 g/mol. The fourth-order valence-electron chi connectivity index (χ4n) is 0. The molecular formula is H5AlCaO5Si. The van der Waals surface area contributed by atoms with E-state index < -0.39 is 24.7 Å². The quantitative estimate of drug-likeness (QED) is 0.335. The summed E-state index contributed by atoms with van der Waals surface area (Å²) in [4.78, 5) is 14.3. The summed E-state index contributed by atoms with van der Waals surface area (Å²) in [6.45, 7) is 0. The second-order valence-corrected chi connectivity index (χ2v) is 1.16. The van der Waals surface area contributed by atoms with Crippen molar-refractivity contribution in [3.8, 4) is 0 Å². The zero-order valence-corrected chi connectivity index (χ0v) is 5.39.